The van der Waals surface area contributed by atoms with Gasteiger partial charge in [-0.05, 0) is 37.0 Å². The molecular weight excluding hydrogens is 448 g/mol. The molecule has 1 aromatic carbocycles. The second-order valence-corrected chi connectivity index (χ2v) is 8.71. The van der Waals surface area contributed by atoms with Crippen molar-refractivity contribution in [1.29, 1.82) is 0 Å². The van der Waals surface area contributed by atoms with Crippen molar-refractivity contribution in [3.05, 3.63) is 59.5 Å². The lowest BCUT2D eigenvalue weighted by Crippen LogP contribution is -2.36. The molecule has 176 valence electrons. The molecule has 1 aromatic heterocycles. The Balaban J connectivity index is 1.48. The van der Waals surface area contributed by atoms with Crippen LogP contribution in [0, 0.1) is 0 Å². The maximum atomic E-state index is 11.2. The van der Waals surface area contributed by atoms with Gasteiger partial charge in [0.25, 0.3) is 0 Å². The molecular formula is C24H26O8S. The van der Waals surface area contributed by atoms with E-state index in [1.807, 2.05) is 12.1 Å². The predicted molar refractivity (Wildman–Crippen MR) is 121 cm³/mol. The van der Waals surface area contributed by atoms with Gasteiger partial charge in [0, 0.05) is 21.4 Å². The highest BCUT2D eigenvalue weighted by Gasteiger charge is 2.46. The molecule has 8 nitrogen and oxygen atoms in total. The third kappa shape index (κ3) is 6.74. The van der Waals surface area contributed by atoms with Gasteiger partial charge in [-0.1, -0.05) is 43.7 Å². The molecule has 0 aliphatic carbocycles. The van der Waals surface area contributed by atoms with Crippen LogP contribution in [0.1, 0.15) is 42.4 Å². The Bertz CT molecular complexity index is 959. The third-order valence-corrected chi connectivity index (χ3v) is 6.35. The van der Waals surface area contributed by atoms with Crippen molar-refractivity contribution >= 4 is 29.2 Å². The van der Waals surface area contributed by atoms with Gasteiger partial charge in [-0.25, -0.2) is 14.4 Å². The first-order valence-corrected chi connectivity index (χ1v) is 11.5. The Kier molecular flexibility index (Phi) is 8.76. The maximum absolute atomic E-state index is 11.2. The zero-order valence-electron chi connectivity index (χ0n) is 18.0. The normalized spacial score (nSPS) is 19.8. The molecule has 2 heterocycles. The number of hydrogen-bond acceptors (Lipinski definition) is 7. The monoisotopic (exact) mass is 474 g/mol. The van der Waals surface area contributed by atoms with Gasteiger partial charge in [-0.3, -0.25) is 0 Å². The van der Waals surface area contributed by atoms with Crippen LogP contribution in [0.15, 0.2) is 49.1 Å². The predicted octanol–water partition coefficient (Wildman–Crippen LogP) is 4.20. The highest BCUT2D eigenvalue weighted by Crippen LogP contribution is 2.34. The summed E-state index contributed by atoms with van der Waals surface area (Å²) in [7, 11) is 0. The van der Waals surface area contributed by atoms with E-state index in [0.717, 1.165) is 42.5 Å². The Labute approximate surface area is 195 Å². The van der Waals surface area contributed by atoms with Crippen LogP contribution in [0.2, 0.25) is 0 Å². The molecule has 1 fully saturated rings. The number of carbonyl (C=O) groups excluding carboxylic acids is 1. The number of aliphatic carboxylic acids is 2. The lowest BCUT2D eigenvalue weighted by molar-refractivity contribution is -0.156. The van der Waals surface area contributed by atoms with Gasteiger partial charge < -0.3 is 24.4 Å². The molecule has 9 heteroatoms. The second kappa shape index (κ2) is 11.7. The van der Waals surface area contributed by atoms with Crippen molar-refractivity contribution in [2.24, 2.45) is 0 Å². The number of carboxylic acid groups (broad SMARTS) is 2. The van der Waals surface area contributed by atoms with Crippen LogP contribution in [0.25, 0.3) is 10.4 Å². The highest BCUT2D eigenvalue weighted by atomic mass is 32.1. The number of aryl methyl sites for hydroxylation is 1. The van der Waals surface area contributed by atoms with E-state index in [-0.39, 0.29) is 5.97 Å². The quantitative estimate of drug-likeness (QED) is 0.267. The van der Waals surface area contributed by atoms with Gasteiger partial charge in [-0.2, -0.15) is 0 Å². The second-order valence-electron chi connectivity index (χ2n) is 7.55. The van der Waals surface area contributed by atoms with Gasteiger partial charge in [0.2, 0.25) is 0 Å². The average Bonchev–Trinajstić information content (AvgIpc) is 3.46. The van der Waals surface area contributed by atoms with E-state index >= 15 is 0 Å². The van der Waals surface area contributed by atoms with Gasteiger partial charge in [-0.15, -0.1) is 11.3 Å². The summed E-state index contributed by atoms with van der Waals surface area (Å²) in [6.45, 7) is 3.79. The molecule has 2 aromatic rings. The molecule has 1 aliphatic heterocycles. The van der Waals surface area contributed by atoms with Gasteiger partial charge >= 0.3 is 17.9 Å². The van der Waals surface area contributed by atoms with Gasteiger partial charge in [0.05, 0.1) is 6.61 Å². The number of unbranched alkanes of at least 4 members (excludes halogenated alkanes) is 3. The lowest BCUT2D eigenvalue weighted by Gasteiger charge is -2.10. The van der Waals surface area contributed by atoms with Crippen LogP contribution in [-0.4, -0.2) is 46.9 Å². The molecule has 0 radical (unpaired) electrons. The molecule has 0 saturated carbocycles. The fraction of sp³-hybridized carbons (Fsp3) is 0.375. The number of carboxylic acids is 2. The molecule has 2 N–H and O–H groups in total. The van der Waals surface area contributed by atoms with Crippen LogP contribution in [0.4, 0.5) is 0 Å². The fourth-order valence-corrected chi connectivity index (χ4v) is 4.49. The fourth-order valence-electron chi connectivity index (χ4n) is 3.43. The first-order chi connectivity index (χ1) is 15.9. The summed E-state index contributed by atoms with van der Waals surface area (Å²) >= 11 is 1.71. The third-order valence-electron chi connectivity index (χ3n) is 5.16. The van der Waals surface area contributed by atoms with Gasteiger partial charge in [0.15, 0.2) is 18.5 Å². The zero-order valence-corrected chi connectivity index (χ0v) is 18.8. The van der Waals surface area contributed by atoms with Crippen LogP contribution >= 0.6 is 11.3 Å². The maximum Gasteiger partial charge on any atom is 0.336 e. The minimum Gasteiger partial charge on any atom is -0.479 e. The van der Waals surface area contributed by atoms with Crippen LogP contribution in [0.3, 0.4) is 0 Å². The topological polar surface area (TPSA) is 119 Å². The first-order valence-electron chi connectivity index (χ1n) is 10.6. The van der Waals surface area contributed by atoms with Crippen molar-refractivity contribution in [2.75, 3.05) is 6.61 Å². The Morgan fingerprint density at radius 1 is 0.939 bits per heavy atom. The molecule has 0 spiro atoms. The van der Waals surface area contributed by atoms with E-state index in [4.69, 9.17) is 24.4 Å². The molecule has 2 atom stereocenters. The molecule has 1 aliphatic rings. The summed E-state index contributed by atoms with van der Waals surface area (Å²) in [5, 5.41) is 18.3. The molecule has 0 amide bonds. The van der Waals surface area contributed by atoms with Crippen LogP contribution in [-0.2, 0) is 35.0 Å². The molecule has 0 bridgehead atoms. The number of carbonyl (C=O) groups is 3. The number of thiophene rings is 1. The van der Waals surface area contributed by atoms with E-state index in [2.05, 4.69) is 18.7 Å². The Morgan fingerprint density at radius 2 is 1.58 bits per heavy atom. The smallest absolute Gasteiger partial charge is 0.336 e. The standard InChI is InChI=1S/C24H26O8S/c1-2-19(25)30-14-6-4-3-5-7-17-12-13-18(33-17)15-8-10-16(11-9-15)24-31-20(22(26)27)21(32-24)23(28)29/h2,8-13,20-21,24H,1,3-7,14H2,(H,26,27)(H,28,29). The summed E-state index contributed by atoms with van der Waals surface area (Å²) < 4.78 is 15.6. The van der Waals surface area contributed by atoms with Crippen molar-refractivity contribution in [1.82, 2.24) is 0 Å². The van der Waals surface area contributed by atoms with Crippen molar-refractivity contribution in [3.8, 4) is 10.4 Å². The minimum atomic E-state index is -1.55. The van der Waals surface area contributed by atoms with E-state index in [1.54, 1.807) is 23.5 Å². The van der Waals surface area contributed by atoms with E-state index in [9.17, 15) is 14.4 Å². The summed E-state index contributed by atoms with van der Waals surface area (Å²) in [6.07, 6.45) is 1.97. The van der Waals surface area contributed by atoms with E-state index in [1.165, 1.54) is 11.0 Å². The van der Waals surface area contributed by atoms with Crippen LogP contribution in [0.5, 0.6) is 0 Å². The SMILES string of the molecule is C=CC(=O)OCCCCCCc1ccc(-c2ccc(C3OC(C(=O)O)C(C(=O)O)O3)cc2)s1. The Morgan fingerprint density at radius 3 is 2.18 bits per heavy atom. The molecule has 33 heavy (non-hydrogen) atoms. The van der Waals surface area contributed by atoms with Crippen molar-refractivity contribution < 1.29 is 38.8 Å². The number of hydrogen-bond donors (Lipinski definition) is 2. The zero-order chi connectivity index (χ0) is 23.8. The summed E-state index contributed by atoms with van der Waals surface area (Å²) in [5.74, 6) is -3.13. The first kappa shape index (κ1) is 24.6. The minimum absolute atomic E-state index is 0.383. The van der Waals surface area contributed by atoms with Gasteiger partial charge in [0.1, 0.15) is 0 Å². The van der Waals surface area contributed by atoms with E-state index in [0.29, 0.717) is 12.2 Å². The summed E-state index contributed by atoms with van der Waals surface area (Å²) in [6, 6.07) is 11.4. The van der Waals surface area contributed by atoms with Crippen molar-refractivity contribution in [3.63, 3.8) is 0 Å². The van der Waals surface area contributed by atoms with Crippen LogP contribution < -0.4 is 0 Å². The molecule has 2 unspecified atom stereocenters. The molecule has 1 saturated heterocycles. The molecule has 3 rings (SSSR count). The Hall–Kier alpha value is -3.01. The largest absolute Gasteiger partial charge is 0.479 e. The summed E-state index contributed by atoms with van der Waals surface area (Å²) in [4.78, 5) is 35.8. The highest BCUT2D eigenvalue weighted by molar-refractivity contribution is 7.15. The average molecular weight is 475 g/mol. The summed E-state index contributed by atoms with van der Waals surface area (Å²) in [5.41, 5.74) is 1.56. The van der Waals surface area contributed by atoms with Crippen molar-refractivity contribution in [2.45, 2.75) is 50.6 Å². The number of rotatable bonds is 12. The number of benzene rings is 1. The number of esters is 1. The van der Waals surface area contributed by atoms with E-state index < -0.39 is 30.4 Å². The number of ether oxygens (including phenoxy) is 3. The lowest BCUT2D eigenvalue weighted by atomic mass is 10.1.